The Bertz CT molecular complexity index is 1220. The van der Waals surface area contributed by atoms with Crippen molar-refractivity contribution in [2.45, 2.75) is 13.5 Å². The Morgan fingerprint density at radius 1 is 0.967 bits per heavy atom. The molecule has 7 heteroatoms. The number of hydrogen-bond acceptors (Lipinski definition) is 5. The van der Waals surface area contributed by atoms with Gasteiger partial charge in [-0.1, -0.05) is 6.07 Å². The summed E-state index contributed by atoms with van der Waals surface area (Å²) in [7, 11) is 0. The first-order valence-electron chi connectivity index (χ1n) is 9.66. The van der Waals surface area contributed by atoms with E-state index in [0.717, 1.165) is 45.3 Å². The van der Waals surface area contributed by atoms with Crippen LogP contribution in [0.25, 0.3) is 0 Å². The van der Waals surface area contributed by atoms with Gasteiger partial charge in [-0.25, -0.2) is 0 Å². The number of hydrogen-bond donors (Lipinski definition) is 3. The van der Waals surface area contributed by atoms with Gasteiger partial charge >= 0.3 is 0 Å². The number of nitrogens with zero attached hydrogens (tertiary/aromatic N) is 3. The summed E-state index contributed by atoms with van der Waals surface area (Å²) in [5, 5.41) is 13.4. The predicted molar refractivity (Wildman–Crippen MR) is 118 cm³/mol. The zero-order chi connectivity index (χ0) is 20.5. The molecular weight excluding hydrogens is 376 g/mol. The summed E-state index contributed by atoms with van der Waals surface area (Å²) in [6.45, 7) is 2.49. The minimum absolute atomic E-state index is 0.0109. The molecule has 7 nitrogen and oxygen atoms in total. The number of carbonyl (C=O) groups is 1. The number of carbonyl (C=O) groups excluding carboxylic acids is 1. The number of pyridine rings is 1. The number of fused-ring (bicyclic) bond motifs is 1. The first-order chi connectivity index (χ1) is 14.7. The van der Waals surface area contributed by atoms with Crippen LogP contribution >= 0.6 is 0 Å². The van der Waals surface area contributed by atoms with Gasteiger partial charge < -0.3 is 15.5 Å². The molecule has 2 aromatic heterocycles. The lowest BCUT2D eigenvalue weighted by atomic mass is 10.1. The van der Waals surface area contributed by atoms with Crippen molar-refractivity contribution in [3.63, 3.8) is 0 Å². The third-order valence-corrected chi connectivity index (χ3v) is 5.04. The second kappa shape index (κ2) is 7.36. The largest absolute Gasteiger partial charge is 0.355 e. The van der Waals surface area contributed by atoms with E-state index >= 15 is 0 Å². The van der Waals surface area contributed by atoms with Crippen molar-refractivity contribution < 1.29 is 4.79 Å². The van der Waals surface area contributed by atoms with Crippen molar-refractivity contribution in [2.75, 3.05) is 15.5 Å². The molecule has 0 spiro atoms. The maximum atomic E-state index is 13.0. The van der Waals surface area contributed by atoms with Crippen molar-refractivity contribution in [1.82, 2.24) is 15.2 Å². The summed E-state index contributed by atoms with van der Waals surface area (Å²) in [5.41, 5.74) is 7.23. The second-order valence-corrected chi connectivity index (χ2v) is 7.24. The number of aromatic nitrogens is 3. The van der Waals surface area contributed by atoms with E-state index in [-0.39, 0.29) is 5.91 Å². The van der Waals surface area contributed by atoms with Gasteiger partial charge in [-0.15, -0.1) is 0 Å². The molecule has 0 atom stereocenters. The Hall–Kier alpha value is -4.13. The highest BCUT2D eigenvalue weighted by molar-refractivity contribution is 6.10. The zero-order valence-corrected chi connectivity index (χ0v) is 16.4. The lowest BCUT2D eigenvalue weighted by molar-refractivity contribution is 0.0996. The van der Waals surface area contributed by atoms with E-state index in [0.29, 0.717) is 6.54 Å². The molecule has 30 heavy (non-hydrogen) atoms. The average molecular weight is 396 g/mol. The summed E-state index contributed by atoms with van der Waals surface area (Å²) >= 11 is 0. The molecule has 3 heterocycles. The first-order valence-corrected chi connectivity index (χ1v) is 9.66. The Kier molecular flexibility index (Phi) is 4.40. The van der Waals surface area contributed by atoms with Gasteiger partial charge in [-0.3, -0.25) is 14.9 Å². The Morgan fingerprint density at radius 2 is 1.80 bits per heavy atom. The summed E-state index contributed by atoms with van der Waals surface area (Å²) in [5.74, 6) is 0.0109. The maximum absolute atomic E-state index is 13.0. The second-order valence-electron chi connectivity index (χ2n) is 7.24. The summed E-state index contributed by atoms with van der Waals surface area (Å²) in [6.07, 6.45) is 5.27. The van der Waals surface area contributed by atoms with Crippen LogP contribution in [-0.2, 0) is 6.54 Å². The van der Waals surface area contributed by atoms with Gasteiger partial charge in [-0.2, -0.15) is 5.10 Å². The highest BCUT2D eigenvalue weighted by atomic mass is 16.2. The molecule has 3 N–H and O–H groups in total. The van der Waals surface area contributed by atoms with Gasteiger partial charge in [0.2, 0.25) is 0 Å². The lowest BCUT2D eigenvalue weighted by Gasteiger charge is -2.17. The maximum Gasteiger partial charge on any atom is 0.258 e. The van der Waals surface area contributed by atoms with Crippen LogP contribution in [0.5, 0.6) is 0 Å². The average Bonchev–Trinajstić information content (AvgIpc) is 3.36. The van der Waals surface area contributed by atoms with Crippen LogP contribution < -0.4 is 15.5 Å². The molecule has 148 valence electrons. The standard InChI is InChI=1S/C23H20N6O/c1-15-9-19(7-8-24-15)27-18-5-6-22-16(10-18)14-29(23(22)30)21-4-2-3-17(11-21)28-20-12-25-26-13-20/h2-13,28H,14H2,1H3,(H,24,27)(H,25,26). The van der Waals surface area contributed by atoms with Crippen molar-refractivity contribution in [3.05, 3.63) is 90.0 Å². The van der Waals surface area contributed by atoms with Crippen LogP contribution in [0.15, 0.2) is 73.2 Å². The quantitative estimate of drug-likeness (QED) is 0.453. The molecule has 0 bridgehead atoms. The van der Waals surface area contributed by atoms with Gasteiger partial charge in [0.1, 0.15) is 0 Å². The smallest absolute Gasteiger partial charge is 0.258 e. The minimum Gasteiger partial charge on any atom is -0.355 e. The summed E-state index contributed by atoms with van der Waals surface area (Å²) < 4.78 is 0. The third kappa shape index (κ3) is 3.48. The van der Waals surface area contributed by atoms with Crippen LogP contribution in [0.1, 0.15) is 21.6 Å². The number of rotatable bonds is 5. The molecule has 0 saturated carbocycles. The van der Waals surface area contributed by atoms with Crippen molar-refractivity contribution in [2.24, 2.45) is 0 Å². The Morgan fingerprint density at radius 3 is 2.63 bits per heavy atom. The number of aromatic amines is 1. The predicted octanol–water partition coefficient (Wildman–Crippen LogP) is 4.76. The molecule has 1 aliphatic heterocycles. The molecule has 5 rings (SSSR count). The van der Waals surface area contributed by atoms with Gasteiger partial charge in [-0.05, 0) is 61.0 Å². The molecule has 0 fully saturated rings. The highest BCUT2D eigenvalue weighted by Crippen LogP contribution is 2.32. The molecule has 1 amide bonds. The summed E-state index contributed by atoms with van der Waals surface area (Å²) in [4.78, 5) is 19.0. The molecule has 0 unspecified atom stereocenters. The molecule has 1 aliphatic rings. The Labute approximate surface area is 173 Å². The van der Waals surface area contributed by atoms with Crippen LogP contribution in [-0.4, -0.2) is 21.1 Å². The van der Waals surface area contributed by atoms with Crippen LogP contribution in [0, 0.1) is 6.92 Å². The number of aryl methyl sites for hydroxylation is 1. The van der Waals surface area contributed by atoms with Gasteiger partial charge in [0, 0.05) is 46.4 Å². The highest BCUT2D eigenvalue weighted by Gasteiger charge is 2.28. The molecule has 0 saturated heterocycles. The number of nitrogens with one attached hydrogen (secondary N) is 3. The lowest BCUT2D eigenvalue weighted by Crippen LogP contribution is -2.22. The van der Waals surface area contributed by atoms with E-state index in [1.165, 1.54) is 0 Å². The summed E-state index contributed by atoms with van der Waals surface area (Å²) in [6, 6.07) is 17.6. The number of H-pyrrole nitrogens is 1. The number of benzene rings is 2. The third-order valence-electron chi connectivity index (χ3n) is 5.04. The fourth-order valence-electron chi connectivity index (χ4n) is 3.63. The van der Waals surface area contributed by atoms with E-state index in [4.69, 9.17) is 0 Å². The van der Waals surface area contributed by atoms with Crippen molar-refractivity contribution >= 4 is 34.3 Å². The van der Waals surface area contributed by atoms with E-state index in [1.807, 2.05) is 61.5 Å². The van der Waals surface area contributed by atoms with Crippen LogP contribution in [0.3, 0.4) is 0 Å². The van der Waals surface area contributed by atoms with E-state index in [9.17, 15) is 4.79 Å². The first kappa shape index (κ1) is 17.9. The molecule has 4 aromatic rings. The van der Waals surface area contributed by atoms with E-state index in [1.54, 1.807) is 23.5 Å². The van der Waals surface area contributed by atoms with Gasteiger partial charge in [0.25, 0.3) is 5.91 Å². The Balaban J connectivity index is 1.37. The van der Waals surface area contributed by atoms with E-state index in [2.05, 4.69) is 25.8 Å². The molecule has 0 radical (unpaired) electrons. The van der Waals surface area contributed by atoms with Crippen LogP contribution in [0.2, 0.25) is 0 Å². The minimum atomic E-state index is 0.0109. The fraction of sp³-hybridized carbons (Fsp3) is 0.0870. The number of anilines is 5. The SMILES string of the molecule is Cc1cc(Nc2ccc3c(c2)CN(c2cccc(Nc4cn[nH]c4)c2)C3=O)ccn1. The monoisotopic (exact) mass is 396 g/mol. The molecular formula is C23H20N6O. The van der Waals surface area contributed by atoms with Gasteiger partial charge in [0.05, 0.1) is 18.4 Å². The zero-order valence-electron chi connectivity index (χ0n) is 16.4. The topological polar surface area (TPSA) is 85.9 Å². The van der Waals surface area contributed by atoms with Crippen molar-refractivity contribution in [1.29, 1.82) is 0 Å². The van der Waals surface area contributed by atoms with Gasteiger partial charge in [0.15, 0.2) is 0 Å². The van der Waals surface area contributed by atoms with E-state index < -0.39 is 0 Å². The normalized spacial score (nSPS) is 12.7. The number of amides is 1. The molecule has 2 aromatic carbocycles. The fourth-order valence-corrected chi connectivity index (χ4v) is 3.63. The molecule has 0 aliphatic carbocycles. The van der Waals surface area contributed by atoms with Crippen molar-refractivity contribution in [3.8, 4) is 0 Å². The van der Waals surface area contributed by atoms with Crippen LogP contribution in [0.4, 0.5) is 28.4 Å².